The molecule has 0 saturated heterocycles. The van der Waals surface area contributed by atoms with Crippen LogP contribution in [0.5, 0.6) is 0 Å². The lowest BCUT2D eigenvalue weighted by molar-refractivity contribution is 0.554. The van der Waals surface area contributed by atoms with Gasteiger partial charge >= 0.3 is 0 Å². The van der Waals surface area contributed by atoms with Crippen molar-refractivity contribution in [1.82, 2.24) is 4.72 Å². The fourth-order valence-corrected chi connectivity index (χ4v) is 2.38. The minimum atomic E-state index is -3.89. The largest absolute Gasteiger partial charge is 0.244 e. The average Bonchev–Trinajstić information content (AvgIpc) is 2.16. The van der Waals surface area contributed by atoms with Gasteiger partial charge in [-0.3, -0.25) is 0 Å². The molecule has 0 aliphatic carbocycles. The van der Waals surface area contributed by atoms with Crippen LogP contribution in [-0.4, -0.2) is 14.5 Å². The Hall–Kier alpha value is -1.38. The first-order valence-corrected chi connectivity index (χ1v) is 6.10. The van der Waals surface area contributed by atoms with Crippen molar-refractivity contribution < 1.29 is 12.8 Å². The van der Waals surface area contributed by atoms with Crippen molar-refractivity contribution in [1.29, 1.82) is 0 Å². The molecule has 0 bridgehead atoms. The molecule has 3 nitrogen and oxygen atoms in total. The van der Waals surface area contributed by atoms with E-state index in [0.29, 0.717) is 5.56 Å². The maximum Gasteiger partial charge on any atom is 0.244 e. The van der Waals surface area contributed by atoms with Gasteiger partial charge in [-0.1, -0.05) is 12.0 Å². The summed E-state index contributed by atoms with van der Waals surface area (Å²) in [7, 11) is -3.89. The lowest BCUT2D eigenvalue weighted by Crippen LogP contribution is -2.31. The van der Waals surface area contributed by atoms with Crippen molar-refractivity contribution in [2.24, 2.45) is 0 Å². The van der Waals surface area contributed by atoms with Gasteiger partial charge in [-0.2, -0.15) is 4.72 Å². The molecule has 0 aliphatic rings. The van der Waals surface area contributed by atoms with Gasteiger partial charge < -0.3 is 0 Å². The van der Waals surface area contributed by atoms with Crippen LogP contribution >= 0.6 is 0 Å². The zero-order chi connectivity index (χ0) is 12.3. The third kappa shape index (κ3) is 2.81. The molecule has 0 amide bonds. The Bertz CT molecular complexity index is 531. The number of sulfonamides is 1. The molecule has 1 aromatic rings. The molecule has 1 rings (SSSR count). The van der Waals surface area contributed by atoms with Crippen LogP contribution in [0.4, 0.5) is 4.39 Å². The van der Waals surface area contributed by atoms with E-state index in [1.165, 1.54) is 19.1 Å². The molecule has 86 valence electrons. The minimum Gasteiger partial charge on any atom is -0.207 e. The zero-order valence-electron chi connectivity index (χ0n) is 8.99. The molecule has 0 spiro atoms. The highest BCUT2D eigenvalue weighted by Gasteiger charge is 2.20. The summed E-state index contributed by atoms with van der Waals surface area (Å²) in [6.45, 7) is 3.18. The predicted octanol–water partition coefficient (Wildman–Crippen LogP) is 1.43. The molecule has 0 radical (unpaired) electrons. The van der Waals surface area contributed by atoms with E-state index in [4.69, 9.17) is 6.42 Å². The van der Waals surface area contributed by atoms with Crippen molar-refractivity contribution in [3.05, 3.63) is 29.6 Å². The van der Waals surface area contributed by atoms with E-state index in [2.05, 4.69) is 10.6 Å². The molecule has 1 aromatic carbocycles. The SMILES string of the molecule is C#CC(C)NS(=O)(=O)c1ccc(C)cc1F. The quantitative estimate of drug-likeness (QED) is 0.814. The Morgan fingerprint density at radius 1 is 1.50 bits per heavy atom. The van der Waals surface area contributed by atoms with E-state index < -0.39 is 21.9 Å². The van der Waals surface area contributed by atoms with Crippen LogP contribution in [0.3, 0.4) is 0 Å². The number of aryl methyl sites for hydroxylation is 1. The van der Waals surface area contributed by atoms with E-state index >= 15 is 0 Å². The Kier molecular flexibility index (Phi) is 3.68. The highest BCUT2D eigenvalue weighted by atomic mass is 32.2. The Morgan fingerprint density at radius 2 is 2.12 bits per heavy atom. The summed E-state index contributed by atoms with van der Waals surface area (Å²) in [5.74, 6) is 1.43. The maximum absolute atomic E-state index is 13.4. The van der Waals surface area contributed by atoms with Crippen molar-refractivity contribution in [3.63, 3.8) is 0 Å². The number of hydrogen-bond donors (Lipinski definition) is 1. The predicted molar refractivity (Wildman–Crippen MR) is 59.8 cm³/mol. The Morgan fingerprint density at radius 3 is 2.62 bits per heavy atom. The summed E-state index contributed by atoms with van der Waals surface area (Å²) in [5.41, 5.74) is 0.654. The van der Waals surface area contributed by atoms with E-state index in [9.17, 15) is 12.8 Å². The number of hydrogen-bond acceptors (Lipinski definition) is 2. The third-order valence-electron chi connectivity index (χ3n) is 1.96. The molecule has 0 aromatic heterocycles. The standard InChI is InChI=1S/C11H12FNO2S/c1-4-9(3)13-16(14,15)11-6-5-8(2)7-10(11)12/h1,5-7,9,13H,2-3H3. The normalized spacial score (nSPS) is 13.1. The molecular weight excluding hydrogens is 229 g/mol. The van der Waals surface area contributed by atoms with Crippen LogP contribution in [-0.2, 0) is 10.0 Å². The van der Waals surface area contributed by atoms with E-state index in [0.717, 1.165) is 6.07 Å². The smallest absolute Gasteiger partial charge is 0.207 e. The van der Waals surface area contributed by atoms with Crippen molar-refractivity contribution in [2.75, 3.05) is 0 Å². The van der Waals surface area contributed by atoms with Crippen LogP contribution in [0.1, 0.15) is 12.5 Å². The summed E-state index contributed by atoms with van der Waals surface area (Å²) >= 11 is 0. The van der Waals surface area contributed by atoms with Crippen molar-refractivity contribution >= 4 is 10.0 Å². The van der Waals surface area contributed by atoms with Crippen LogP contribution in [0, 0.1) is 25.1 Å². The van der Waals surface area contributed by atoms with Gasteiger partial charge in [-0.15, -0.1) is 6.42 Å². The van der Waals surface area contributed by atoms with Crippen LogP contribution in [0.15, 0.2) is 23.1 Å². The van der Waals surface area contributed by atoms with Gasteiger partial charge in [0.15, 0.2) is 0 Å². The van der Waals surface area contributed by atoms with Crippen molar-refractivity contribution in [2.45, 2.75) is 24.8 Å². The molecule has 0 aliphatic heterocycles. The van der Waals surface area contributed by atoms with Gasteiger partial charge in [0.2, 0.25) is 10.0 Å². The van der Waals surface area contributed by atoms with Gasteiger partial charge in [0.05, 0.1) is 6.04 Å². The molecule has 1 N–H and O–H groups in total. The molecule has 5 heteroatoms. The molecule has 16 heavy (non-hydrogen) atoms. The number of benzene rings is 1. The second kappa shape index (κ2) is 4.64. The van der Waals surface area contributed by atoms with Gasteiger partial charge in [-0.05, 0) is 31.5 Å². The van der Waals surface area contributed by atoms with Crippen LogP contribution in [0.25, 0.3) is 0 Å². The minimum absolute atomic E-state index is 0.389. The molecule has 1 atom stereocenters. The van der Waals surface area contributed by atoms with Crippen LogP contribution < -0.4 is 4.72 Å². The van der Waals surface area contributed by atoms with Crippen LogP contribution in [0.2, 0.25) is 0 Å². The zero-order valence-corrected chi connectivity index (χ0v) is 9.81. The first kappa shape index (κ1) is 12.7. The second-order valence-electron chi connectivity index (χ2n) is 3.44. The molecule has 0 heterocycles. The summed E-state index contributed by atoms with van der Waals surface area (Å²) in [6, 6.07) is 3.23. The monoisotopic (exact) mass is 241 g/mol. The Labute approximate surface area is 94.7 Å². The van der Waals surface area contributed by atoms with Gasteiger partial charge in [0.1, 0.15) is 10.7 Å². The topological polar surface area (TPSA) is 46.2 Å². The molecule has 1 unspecified atom stereocenters. The fourth-order valence-electron chi connectivity index (χ4n) is 1.15. The lowest BCUT2D eigenvalue weighted by atomic mass is 10.2. The number of terminal acetylenes is 1. The number of rotatable bonds is 3. The summed E-state index contributed by atoms with van der Waals surface area (Å²) < 4.78 is 39.0. The third-order valence-corrected chi connectivity index (χ3v) is 3.53. The van der Waals surface area contributed by atoms with Gasteiger partial charge in [0, 0.05) is 0 Å². The van der Waals surface area contributed by atoms with Gasteiger partial charge in [-0.25, -0.2) is 12.8 Å². The van der Waals surface area contributed by atoms with E-state index in [1.54, 1.807) is 6.92 Å². The molecule has 0 saturated carbocycles. The summed E-state index contributed by atoms with van der Waals surface area (Å²) in [6.07, 6.45) is 5.05. The summed E-state index contributed by atoms with van der Waals surface area (Å²) in [4.78, 5) is -0.389. The first-order valence-electron chi connectivity index (χ1n) is 4.61. The lowest BCUT2D eigenvalue weighted by Gasteiger charge is -2.09. The maximum atomic E-state index is 13.4. The number of halogens is 1. The first-order chi connectivity index (χ1) is 7.36. The second-order valence-corrected chi connectivity index (χ2v) is 5.13. The van der Waals surface area contributed by atoms with E-state index in [1.807, 2.05) is 0 Å². The molecule has 0 fully saturated rings. The molecular formula is C11H12FNO2S. The highest BCUT2D eigenvalue weighted by molar-refractivity contribution is 7.89. The average molecular weight is 241 g/mol. The fraction of sp³-hybridized carbons (Fsp3) is 0.273. The van der Waals surface area contributed by atoms with E-state index in [-0.39, 0.29) is 4.90 Å². The summed E-state index contributed by atoms with van der Waals surface area (Å²) in [5, 5.41) is 0. The van der Waals surface area contributed by atoms with Crippen molar-refractivity contribution in [3.8, 4) is 12.3 Å². The highest BCUT2D eigenvalue weighted by Crippen LogP contribution is 2.15. The number of nitrogens with one attached hydrogen (secondary N) is 1. The van der Waals surface area contributed by atoms with Gasteiger partial charge in [0.25, 0.3) is 0 Å². The Balaban J connectivity index is 3.14.